The van der Waals surface area contributed by atoms with E-state index in [4.69, 9.17) is 0 Å². The quantitative estimate of drug-likeness (QED) is 0.797. The highest BCUT2D eigenvalue weighted by atomic mass is 35.5. The summed E-state index contributed by atoms with van der Waals surface area (Å²) in [6.45, 7) is 6.15. The van der Waals surface area contributed by atoms with E-state index >= 15 is 0 Å². The highest BCUT2D eigenvalue weighted by Crippen LogP contribution is 2.31. The lowest BCUT2D eigenvalue weighted by Crippen LogP contribution is -2.46. The minimum absolute atomic E-state index is 0. The number of carbonyl (C=O) groups is 1. The summed E-state index contributed by atoms with van der Waals surface area (Å²) in [4.78, 5) is 18.1. The fourth-order valence-electron chi connectivity index (χ4n) is 4.59. The maximum absolute atomic E-state index is 13.5. The predicted octanol–water partition coefficient (Wildman–Crippen LogP) is 3.08. The summed E-state index contributed by atoms with van der Waals surface area (Å²) in [6.07, 6.45) is 2.31. The molecule has 0 bridgehead atoms. The number of fused-ring (bicyclic) bond motifs is 1. The third kappa shape index (κ3) is 5.33. The Labute approximate surface area is 179 Å². The molecule has 7 heteroatoms. The lowest BCUT2D eigenvalue weighted by atomic mass is 9.92. The van der Waals surface area contributed by atoms with Crippen LogP contribution < -0.4 is 5.32 Å². The lowest BCUT2D eigenvalue weighted by Gasteiger charge is -2.36. The van der Waals surface area contributed by atoms with Gasteiger partial charge in [0, 0.05) is 37.7 Å². The number of nitrogens with one attached hydrogen (secondary N) is 1. The highest BCUT2D eigenvalue weighted by molar-refractivity contribution is 7.99. The van der Waals surface area contributed by atoms with Gasteiger partial charge in [-0.15, -0.1) is 24.8 Å². The zero-order valence-electron chi connectivity index (χ0n) is 15.7. The van der Waals surface area contributed by atoms with Crippen LogP contribution in [-0.2, 0) is 4.79 Å². The molecule has 3 aliphatic rings. The third-order valence-corrected chi connectivity index (χ3v) is 7.03. The molecule has 3 saturated heterocycles. The summed E-state index contributed by atoms with van der Waals surface area (Å²) in [5.41, 5.74) is 1.16. The number of hydrogen-bond donors (Lipinski definition) is 1. The van der Waals surface area contributed by atoms with Crippen LogP contribution in [0.1, 0.15) is 24.4 Å². The van der Waals surface area contributed by atoms with Crippen LogP contribution in [0.4, 0.5) is 0 Å². The van der Waals surface area contributed by atoms with Crippen LogP contribution in [0.15, 0.2) is 30.3 Å². The van der Waals surface area contributed by atoms with Gasteiger partial charge < -0.3 is 10.2 Å². The molecule has 3 fully saturated rings. The Morgan fingerprint density at radius 3 is 2.15 bits per heavy atom. The zero-order valence-corrected chi connectivity index (χ0v) is 18.2. The SMILES string of the molecule is Cl.Cl.O=C(C(c1ccccc1)N1CCSCC1)N1CC[C@@H]2CNC[C@@H]2CC1. The van der Waals surface area contributed by atoms with Gasteiger partial charge in [0.1, 0.15) is 6.04 Å². The highest BCUT2D eigenvalue weighted by Gasteiger charge is 2.36. The molecule has 0 saturated carbocycles. The summed E-state index contributed by atoms with van der Waals surface area (Å²) < 4.78 is 0. The van der Waals surface area contributed by atoms with Gasteiger partial charge in [-0.2, -0.15) is 11.8 Å². The van der Waals surface area contributed by atoms with Gasteiger partial charge in [-0.1, -0.05) is 30.3 Å². The number of hydrogen-bond acceptors (Lipinski definition) is 4. The molecular weight excluding hydrogens is 401 g/mol. The predicted molar refractivity (Wildman–Crippen MR) is 118 cm³/mol. The molecule has 0 aliphatic carbocycles. The summed E-state index contributed by atoms with van der Waals surface area (Å²) in [5.74, 6) is 4.11. The summed E-state index contributed by atoms with van der Waals surface area (Å²) in [5, 5.41) is 3.52. The van der Waals surface area contributed by atoms with Crippen molar-refractivity contribution in [3.63, 3.8) is 0 Å². The topological polar surface area (TPSA) is 35.6 Å². The minimum atomic E-state index is -0.0989. The number of benzene rings is 1. The van der Waals surface area contributed by atoms with Gasteiger partial charge in [0.2, 0.25) is 5.91 Å². The zero-order chi connectivity index (χ0) is 17.1. The molecule has 1 unspecified atom stereocenters. The first-order chi connectivity index (χ1) is 12.3. The Hall–Kier alpha value is -0.460. The Balaban J connectivity index is 0.00000131. The van der Waals surface area contributed by atoms with Gasteiger partial charge >= 0.3 is 0 Å². The van der Waals surface area contributed by atoms with E-state index in [9.17, 15) is 4.79 Å². The molecule has 1 aromatic carbocycles. The standard InChI is InChI=1S/C20H29N3OS.2ClH/c24-20(23-8-6-17-14-21-15-18(17)7-9-23)19(16-4-2-1-3-5-16)22-10-12-25-13-11-22;;/h1-5,17-19,21H,6-15H2;2*1H/t17-,18+,19?;;. The van der Waals surface area contributed by atoms with Crippen molar-refractivity contribution < 1.29 is 4.79 Å². The van der Waals surface area contributed by atoms with Crippen LogP contribution in [0.3, 0.4) is 0 Å². The summed E-state index contributed by atoms with van der Waals surface area (Å²) >= 11 is 2.00. The van der Waals surface area contributed by atoms with Crippen LogP contribution in [0.2, 0.25) is 0 Å². The maximum atomic E-state index is 13.5. The summed E-state index contributed by atoms with van der Waals surface area (Å²) in [6, 6.07) is 10.3. The second-order valence-corrected chi connectivity index (χ2v) is 8.77. The van der Waals surface area contributed by atoms with Gasteiger partial charge in [-0.05, 0) is 43.3 Å². The van der Waals surface area contributed by atoms with E-state index in [-0.39, 0.29) is 30.9 Å². The maximum Gasteiger partial charge on any atom is 0.244 e. The largest absolute Gasteiger partial charge is 0.341 e. The Bertz CT molecular complexity index is 572. The molecule has 27 heavy (non-hydrogen) atoms. The normalized spacial score (nSPS) is 26.9. The van der Waals surface area contributed by atoms with Crippen LogP contribution in [0.25, 0.3) is 0 Å². The van der Waals surface area contributed by atoms with Crippen molar-refractivity contribution in [2.24, 2.45) is 11.8 Å². The van der Waals surface area contributed by atoms with Crippen molar-refractivity contribution in [3.05, 3.63) is 35.9 Å². The molecule has 3 aliphatic heterocycles. The smallest absolute Gasteiger partial charge is 0.244 e. The number of amides is 1. The molecule has 4 nitrogen and oxygen atoms in total. The fourth-order valence-corrected chi connectivity index (χ4v) is 5.52. The van der Waals surface area contributed by atoms with Crippen LogP contribution in [-0.4, -0.2) is 66.5 Å². The molecule has 3 atom stereocenters. The average Bonchev–Trinajstić information content (AvgIpc) is 3.02. The Kier molecular flexibility index (Phi) is 9.23. The molecule has 0 radical (unpaired) electrons. The van der Waals surface area contributed by atoms with Gasteiger partial charge in [0.15, 0.2) is 0 Å². The first kappa shape index (κ1) is 22.8. The van der Waals surface area contributed by atoms with Gasteiger partial charge in [0.25, 0.3) is 0 Å². The Morgan fingerprint density at radius 2 is 1.56 bits per heavy atom. The van der Waals surface area contributed by atoms with Gasteiger partial charge in [-0.3, -0.25) is 9.69 Å². The van der Waals surface area contributed by atoms with E-state index in [0.717, 1.165) is 81.0 Å². The van der Waals surface area contributed by atoms with E-state index in [0.29, 0.717) is 5.91 Å². The van der Waals surface area contributed by atoms with E-state index in [2.05, 4.69) is 39.4 Å². The lowest BCUT2D eigenvalue weighted by molar-refractivity contribution is -0.137. The van der Waals surface area contributed by atoms with Crippen LogP contribution in [0.5, 0.6) is 0 Å². The van der Waals surface area contributed by atoms with E-state index < -0.39 is 0 Å². The number of likely N-dealkylation sites (tertiary alicyclic amines) is 1. The molecule has 1 amide bonds. The second-order valence-electron chi connectivity index (χ2n) is 7.54. The number of nitrogens with zero attached hydrogens (tertiary/aromatic N) is 2. The number of thioether (sulfide) groups is 1. The molecule has 0 spiro atoms. The molecular formula is C20H31Cl2N3OS. The second kappa shape index (κ2) is 10.9. The van der Waals surface area contributed by atoms with E-state index in [1.54, 1.807) is 0 Å². The first-order valence-electron chi connectivity index (χ1n) is 9.69. The van der Waals surface area contributed by atoms with Crippen LogP contribution >= 0.6 is 36.6 Å². The molecule has 0 aromatic heterocycles. The number of rotatable bonds is 3. The molecule has 1 aromatic rings. The van der Waals surface area contributed by atoms with Crippen LogP contribution in [0, 0.1) is 11.8 Å². The van der Waals surface area contributed by atoms with Crippen molar-refractivity contribution in [1.82, 2.24) is 15.1 Å². The monoisotopic (exact) mass is 431 g/mol. The Morgan fingerprint density at radius 1 is 0.963 bits per heavy atom. The van der Waals surface area contributed by atoms with Gasteiger partial charge in [-0.25, -0.2) is 0 Å². The molecule has 152 valence electrons. The van der Waals surface area contributed by atoms with Gasteiger partial charge in [0.05, 0.1) is 0 Å². The first-order valence-corrected chi connectivity index (χ1v) is 10.8. The fraction of sp³-hybridized carbons (Fsp3) is 0.650. The van der Waals surface area contributed by atoms with E-state index in [1.807, 2.05) is 17.8 Å². The molecule has 1 N–H and O–H groups in total. The average molecular weight is 432 g/mol. The minimum Gasteiger partial charge on any atom is -0.341 e. The van der Waals surface area contributed by atoms with E-state index in [1.165, 1.54) is 0 Å². The summed E-state index contributed by atoms with van der Waals surface area (Å²) in [7, 11) is 0. The van der Waals surface area contributed by atoms with Crippen molar-refractivity contribution in [2.75, 3.05) is 50.8 Å². The van der Waals surface area contributed by atoms with Crippen molar-refractivity contribution >= 4 is 42.5 Å². The number of halogens is 2. The number of carbonyl (C=O) groups excluding carboxylic acids is 1. The van der Waals surface area contributed by atoms with Crippen molar-refractivity contribution in [2.45, 2.75) is 18.9 Å². The van der Waals surface area contributed by atoms with Crippen molar-refractivity contribution in [3.8, 4) is 0 Å². The molecule has 3 heterocycles. The third-order valence-electron chi connectivity index (χ3n) is 6.09. The van der Waals surface area contributed by atoms with Crippen molar-refractivity contribution in [1.29, 1.82) is 0 Å². The molecule has 4 rings (SSSR count).